The van der Waals surface area contributed by atoms with Crippen LogP contribution in [0.15, 0.2) is 35.6 Å². The molecule has 2 rings (SSSR count). The van der Waals surface area contributed by atoms with Crippen molar-refractivity contribution in [2.75, 3.05) is 13.6 Å². The van der Waals surface area contributed by atoms with E-state index < -0.39 is 0 Å². The lowest BCUT2D eigenvalue weighted by molar-refractivity contribution is 0.555. The Morgan fingerprint density at radius 1 is 1.43 bits per heavy atom. The highest BCUT2D eigenvalue weighted by atomic mass is 15.2. The maximum absolute atomic E-state index is 4.50. The van der Waals surface area contributed by atoms with Crippen LogP contribution in [0.25, 0.3) is 5.70 Å². The molecule has 0 aromatic carbocycles. The number of amidine groups is 1. The summed E-state index contributed by atoms with van der Waals surface area (Å²) in [6, 6.07) is 3.96. The van der Waals surface area contributed by atoms with Gasteiger partial charge in [-0.05, 0) is 25.1 Å². The van der Waals surface area contributed by atoms with E-state index in [1.165, 1.54) is 0 Å². The van der Waals surface area contributed by atoms with Crippen LogP contribution in [0, 0.1) is 0 Å². The first-order valence-electron chi connectivity index (χ1n) is 4.64. The molecule has 0 saturated carbocycles. The molecule has 72 valence electrons. The maximum atomic E-state index is 4.50. The fourth-order valence-corrected chi connectivity index (χ4v) is 1.36. The van der Waals surface area contributed by atoms with E-state index in [0.717, 1.165) is 23.6 Å². The van der Waals surface area contributed by atoms with Gasteiger partial charge in [-0.1, -0.05) is 0 Å². The Kier molecular flexibility index (Phi) is 2.31. The second-order valence-corrected chi connectivity index (χ2v) is 3.37. The summed E-state index contributed by atoms with van der Waals surface area (Å²) >= 11 is 0. The third kappa shape index (κ3) is 1.66. The van der Waals surface area contributed by atoms with Crippen LogP contribution in [-0.2, 0) is 0 Å². The van der Waals surface area contributed by atoms with Crippen molar-refractivity contribution in [3.63, 3.8) is 0 Å². The Bertz CT molecular complexity index is 379. The molecule has 1 aliphatic heterocycles. The second kappa shape index (κ2) is 3.62. The highest BCUT2D eigenvalue weighted by molar-refractivity contribution is 5.88. The summed E-state index contributed by atoms with van der Waals surface area (Å²) < 4.78 is 0. The van der Waals surface area contributed by atoms with Gasteiger partial charge in [0, 0.05) is 31.5 Å². The van der Waals surface area contributed by atoms with Crippen LogP contribution < -0.4 is 0 Å². The smallest absolute Gasteiger partial charge is 0.102 e. The van der Waals surface area contributed by atoms with Gasteiger partial charge in [0.2, 0.25) is 0 Å². The van der Waals surface area contributed by atoms with Crippen LogP contribution in [0.2, 0.25) is 0 Å². The number of hydrogen-bond acceptors (Lipinski definition) is 3. The van der Waals surface area contributed by atoms with Gasteiger partial charge in [-0.15, -0.1) is 0 Å². The van der Waals surface area contributed by atoms with Gasteiger partial charge >= 0.3 is 0 Å². The van der Waals surface area contributed by atoms with Gasteiger partial charge < -0.3 is 4.90 Å². The minimum Gasteiger partial charge on any atom is -0.360 e. The van der Waals surface area contributed by atoms with Crippen molar-refractivity contribution < 1.29 is 0 Å². The molecule has 1 aliphatic rings. The van der Waals surface area contributed by atoms with Crippen molar-refractivity contribution in [2.24, 2.45) is 4.99 Å². The molecule has 1 aromatic rings. The van der Waals surface area contributed by atoms with E-state index in [4.69, 9.17) is 0 Å². The summed E-state index contributed by atoms with van der Waals surface area (Å²) in [7, 11) is 2.04. The largest absolute Gasteiger partial charge is 0.360 e. The summed E-state index contributed by atoms with van der Waals surface area (Å²) in [5.41, 5.74) is 2.11. The van der Waals surface area contributed by atoms with Crippen LogP contribution in [0.3, 0.4) is 0 Å². The molecule has 0 saturated heterocycles. The molecule has 3 heteroatoms. The molecule has 0 aliphatic carbocycles. The molecular weight excluding hydrogens is 174 g/mol. The van der Waals surface area contributed by atoms with Crippen LogP contribution in [0.4, 0.5) is 0 Å². The van der Waals surface area contributed by atoms with E-state index in [2.05, 4.69) is 21.0 Å². The molecule has 1 aromatic heterocycles. The van der Waals surface area contributed by atoms with Crippen molar-refractivity contribution in [1.82, 2.24) is 9.88 Å². The fraction of sp³-hybridized carbons (Fsp3) is 0.273. The number of rotatable bonds is 1. The molecule has 0 amide bonds. The summed E-state index contributed by atoms with van der Waals surface area (Å²) in [4.78, 5) is 10.7. The van der Waals surface area contributed by atoms with E-state index in [1.807, 2.05) is 32.3 Å². The first-order valence-corrected chi connectivity index (χ1v) is 4.64. The summed E-state index contributed by atoms with van der Waals surface area (Å²) in [6.07, 6.45) is 5.73. The van der Waals surface area contributed by atoms with Crippen LogP contribution in [0.5, 0.6) is 0 Å². The van der Waals surface area contributed by atoms with E-state index in [1.54, 1.807) is 6.20 Å². The van der Waals surface area contributed by atoms with E-state index in [9.17, 15) is 0 Å². The zero-order valence-electron chi connectivity index (χ0n) is 8.44. The minimum atomic E-state index is 0.916. The Labute approximate surface area is 83.8 Å². The second-order valence-electron chi connectivity index (χ2n) is 3.37. The van der Waals surface area contributed by atoms with Crippen molar-refractivity contribution in [3.05, 3.63) is 36.2 Å². The van der Waals surface area contributed by atoms with Crippen molar-refractivity contribution in [2.45, 2.75) is 6.92 Å². The third-order valence-corrected chi connectivity index (χ3v) is 2.35. The highest BCUT2D eigenvalue weighted by Gasteiger charge is 2.08. The lowest BCUT2D eigenvalue weighted by Crippen LogP contribution is -2.26. The molecule has 14 heavy (non-hydrogen) atoms. The van der Waals surface area contributed by atoms with E-state index in [-0.39, 0.29) is 0 Å². The minimum absolute atomic E-state index is 0.916. The fourth-order valence-electron chi connectivity index (χ4n) is 1.36. The van der Waals surface area contributed by atoms with Crippen molar-refractivity contribution in [3.8, 4) is 0 Å². The summed E-state index contributed by atoms with van der Waals surface area (Å²) in [5, 5.41) is 0. The van der Waals surface area contributed by atoms with Crippen molar-refractivity contribution in [1.29, 1.82) is 0 Å². The normalized spacial score (nSPS) is 16.3. The number of nitrogens with zero attached hydrogens (tertiary/aromatic N) is 3. The van der Waals surface area contributed by atoms with E-state index >= 15 is 0 Å². The number of aliphatic imine (C=N–C) groups is 1. The number of pyridine rings is 1. The molecule has 3 nitrogen and oxygen atoms in total. The molecule has 0 unspecified atom stereocenters. The summed E-state index contributed by atoms with van der Waals surface area (Å²) in [6.45, 7) is 2.93. The average Bonchev–Trinajstić information content (AvgIpc) is 2.23. The zero-order chi connectivity index (χ0) is 9.97. The predicted octanol–water partition coefficient (Wildman–Crippen LogP) is 1.79. The zero-order valence-corrected chi connectivity index (χ0v) is 8.44. The van der Waals surface area contributed by atoms with Crippen LogP contribution in [-0.4, -0.2) is 29.3 Å². The van der Waals surface area contributed by atoms with Crippen LogP contribution in [0.1, 0.15) is 12.5 Å². The topological polar surface area (TPSA) is 28.5 Å². The monoisotopic (exact) mass is 187 g/mol. The Morgan fingerprint density at radius 2 is 2.29 bits per heavy atom. The van der Waals surface area contributed by atoms with Gasteiger partial charge in [-0.2, -0.15) is 0 Å². The lowest BCUT2D eigenvalue weighted by atomic mass is 10.2. The summed E-state index contributed by atoms with van der Waals surface area (Å²) in [5.74, 6) is 1.05. The van der Waals surface area contributed by atoms with Gasteiger partial charge in [0.15, 0.2) is 0 Å². The first kappa shape index (κ1) is 8.94. The number of aromatic nitrogens is 1. The Hall–Kier alpha value is -1.64. The standard InChI is InChI=1S/C11H13N3/c1-9-13-11(5-7-14(9)2)10-4-3-6-12-8-10/h3-6,8H,7H2,1-2H3. The molecule has 0 N–H and O–H groups in total. The Balaban J connectivity index is 2.31. The molecule has 0 radical (unpaired) electrons. The van der Waals surface area contributed by atoms with Gasteiger partial charge in [-0.25, -0.2) is 4.99 Å². The first-order chi connectivity index (χ1) is 6.77. The molecule has 0 atom stereocenters. The number of likely N-dealkylation sites (N-methyl/N-ethyl adjacent to an activating group) is 1. The molecular formula is C11H13N3. The highest BCUT2D eigenvalue weighted by Crippen LogP contribution is 2.17. The Morgan fingerprint density at radius 3 is 2.93 bits per heavy atom. The predicted molar refractivity (Wildman–Crippen MR) is 58.0 cm³/mol. The maximum Gasteiger partial charge on any atom is 0.102 e. The SMILES string of the molecule is CC1=NC(c2cccnc2)=CCN1C. The van der Waals surface area contributed by atoms with Gasteiger partial charge in [0.25, 0.3) is 0 Å². The van der Waals surface area contributed by atoms with Gasteiger partial charge in [0.1, 0.15) is 5.84 Å². The molecule has 0 spiro atoms. The molecule has 2 heterocycles. The third-order valence-electron chi connectivity index (χ3n) is 2.35. The average molecular weight is 187 g/mol. The van der Waals surface area contributed by atoms with Crippen LogP contribution >= 0.6 is 0 Å². The molecule has 0 fully saturated rings. The number of hydrogen-bond donors (Lipinski definition) is 0. The van der Waals surface area contributed by atoms with E-state index in [0.29, 0.717) is 0 Å². The van der Waals surface area contributed by atoms with Crippen molar-refractivity contribution >= 4 is 11.5 Å². The lowest BCUT2D eigenvalue weighted by Gasteiger charge is -2.21. The van der Waals surface area contributed by atoms with Gasteiger partial charge in [-0.3, -0.25) is 4.98 Å². The van der Waals surface area contributed by atoms with Gasteiger partial charge in [0.05, 0.1) is 5.70 Å². The quantitative estimate of drug-likeness (QED) is 0.670. The molecule has 0 bridgehead atoms.